The lowest BCUT2D eigenvalue weighted by Crippen LogP contribution is -2.52. The summed E-state index contributed by atoms with van der Waals surface area (Å²) in [7, 11) is -4.27. The Kier molecular flexibility index (Phi) is 10.1. The van der Waals surface area contributed by atoms with Gasteiger partial charge in [-0.3, -0.25) is 13.9 Å². The van der Waals surface area contributed by atoms with Crippen LogP contribution in [0, 0.1) is 5.82 Å². The van der Waals surface area contributed by atoms with Crippen molar-refractivity contribution in [2.75, 3.05) is 17.4 Å². The molecule has 3 aromatic rings. The fourth-order valence-corrected chi connectivity index (χ4v) is 5.78. The molecular weight excluding hydrogens is 552 g/mol. The van der Waals surface area contributed by atoms with Crippen molar-refractivity contribution in [2.24, 2.45) is 0 Å². The smallest absolute Gasteiger partial charge is 0.264 e. The van der Waals surface area contributed by atoms with Crippen molar-refractivity contribution in [2.45, 2.75) is 37.8 Å². The van der Waals surface area contributed by atoms with Gasteiger partial charge in [0.15, 0.2) is 0 Å². The molecule has 0 aromatic heterocycles. The summed E-state index contributed by atoms with van der Waals surface area (Å²) in [6.45, 7) is 3.22. The van der Waals surface area contributed by atoms with Crippen LogP contribution in [0.15, 0.2) is 77.7 Å². The number of nitrogens with zero attached hydrogens (tertiary/aromatic N) is 2. The molecule has 1 atom stereocenters. The molecule has 202 valence electrons. The van der Waals surface area contributed by atoms with Crippen molar-refractivity contribution in [3.05, 3.63) is 94.2 Å². The first kappa shape index (κ1) is 29.4. The van der Waals surface area contributed by atoms with Crippen LogP contribution >= 0.6 is 23.2 Å². The molecule has 7 nitrogen and oxygen atoms in total. The second-order valence-electron chi connectivity index (χ2n) is 8.38. The van der Waals surface area contributed by atoms with Crippen LogP contribution in [0.4, 0.5) is 10.1 Å². The van der Waals surface area contributed by atoms with Crippen LogP contribution in [-0.4, -0.2) is 44.3 Å². The molecule has 1 N–H and O–H groups in total. The Morgan fingerprint density at radius 2 is 1.63 bits per heavy atom. The van der Waals surface area contributed by atoms with Gasteiger partial charge in [0.05, 0.1) is 10.6 Å². The summed E-state index contributed by atoms with van der Waals surface area (Å²) in [5.74, 6) is -1.59. The number of benzene rings is 3. The molecule has 3 rings (SSSR count). The third kappa shape index (κ3) is 7.03. The quantitative estimate of drug-likeness (QED) is 0.335. The number of rotatable bonds is 11. The van der Waals surface area contributed by atoms with Gasteiger partial charge in [0, 0.05) is 23.1 Å². The maximum Gasteiger partial charge on any atom is 0.264 e. The average molecular weight is 581 g/mol. The van der Waals surface area contributed by atoms with Gasteiger partial charge in [-0.25, -0.2) is 12.8 Å². The lowest BCUT2D eigenvalue weighted by molar-refractivity contribution is -0.140. The average Bonchev–Trinajstić information content (AvgIpc) is 2.89. The Labute approximate surface area is 232 Å². The highest BCUT2D eigenvalue weighted by atomic mass is 35.5. The molecule has 0 bridgehead atoms. The predicted molar refractivity (Wildman–Crippen MR) is 147 cm³/mol. The van der Waals surface area contributed by atoms with Crippen molar-refractivity contribution in [1.82, 2.24) is 10.2 Å². The van der Waals surface area contributed by atoms with Crippen LogP contribution in [0.25, 0.3) is 0 Å². The minimum absolute atomic E-state index is 0.0519. The standard InChI is InChI=1S/C27H28Cl2FN3O4S/c1-3-25(27(35)31-4-2)32(17-19-10-11-20(28)16-24(19)29)26(34)18-33(22-8-6-5-7-9-22)38(36,37)23-14-12-21(30)13-15-23/h5-16,25H,3-4,17-18H2,1-2H3,(H,31,35)/t25-/m0/s1. The molecule has 11 heteroatoms. The Balaban J connectivity index is 2.05. The van der Waals surface area contributed by atoms with E-state index in [2.05, 4.69) is 5.32 Å². The van der Waals surface area contributed by atoms with E-state index in [1.54, 1.807) is 56.3 Å². The SMILES string of the molecule is CCNC(=O)[C@H](CC)N(Cc1ccc(Cl)cc1Cl)C(=O)CN(c1ccccc1)S(=O)(=O)c1ccc(F)cc1. The van der Waals surface area contributed by atoms with E-state index in [1.165, 1.54) is 11.0 Å². The van der Waals surface area contributed by atoms with Crippen LogP contribution in [0.2, 0.25) is 10.0 Å². The first-order valence-electron chi connectivity index (χ1n) is 11.9. The summed E-state index contributed by atoms with van der Waals surface area (Å²) in [5, 5.41) is 3.45. The molecule has 0 unspecified atom stereocenters. The topological polar surface area (TPSA) is 86.8 Å². The van der Waals surface area contributed by atoms with Crippen molar-refractivity contribution >= 4 is 50.7 Å². The van der Waals surface area contributed by atoms with Gasteiger partial charge in [-0.1, -0.05) is 54.4 Å². The van der Waals surface area contributed by atoms with Gasteiger partial charge < -0.3 is 10.2 Å². The number of carbonyl (C=O) groups is 2. The fourth-order valence-electron chi connectivity index (χ4n) is 3.90. The lowest BCUT2D eigenvalue weighted by atomic mass is 10.1. The molecule has 0 saturated carbocycles. The number of carbonyl (C=O) groups excluding carboxylic acids is 2. The third-order valence-corrected chi connectivity index (χ3v) is 8.19. The monoisotopic (exact) mass is 579 g/mol. The van der Waals surface area contributed by atoms with E-state index in [4.69, 9.17) is 23.2 Å². The van der Waals surface area contributed by atoms with Crippen LogP contribution in [0.5, 0.6) is 0 Å². The molecule has 0 aliphatic carbocycles. The molecule has 0 fully saturated rings. The number of likely N-dealkylation sites (N-methyl/N-ethyl adjacent to an activating group) is 1. The Morgan fingerprint density at radius 1 is 0.974 bits per heavy atom. The maximum absolute atomic E-state index is 13.9. The third-order valence-electron chi connectivity index (χ3n) is 5.82. The van der Waals surface area contributed by atoms with Gasteiger partial charge in [-0.05, 0) is 67.4 Å². The molecule has 2 amide bonds. The molecule has 0 aliphatic heterocycles. The highest BCUT2D eigenvalue weighted by Gasteiger charge is 2.33. The fraction of sp³-hybridized carbons (Fsp3) is 0.259. The number of hydrogen-bond acceptors (Lipinski definition) is 4. The van der Waals surface area contributed by atoms with E-state index in [0.29, 0.717) is 22.2 Å². The summed E-state index contributed by atoms with van der Waals surface area (Å²) in [6, 6.07) is 16.4. The van der Waals surface area contributed by atoms with Gasteiger partial charge in [-0.15, -0.1) is 0 Å². The molecule has 0 saturated heterocycles. The van der Waals surface area contributed by atoms with E-state index in [1.807, 2.05) is 0 Å². The van der Waals surface area contributed by atoms with Crippen LogP contribution in [0.1, 0.15) is 25.8 Å². The molecule has 38 heavy (non-hydrogen) atoms. The van der Waals surface area contributed by atoms with Crippen molar-refractivity contribution in [1.29, 1.82) is 0 Å². The molecular formula is C27H28Cl2FN3O4S. The molecule has 0 radical (unpaired) electrons. The zero-order valence-electron chi connectivity index (χ0n) is 20.9. The summed E-state index contributed by atoms with van der Waals surface area (Å²) in [5.41, 5.74) is 0.778. The van der Waals surface area contributed by atoms with E-state index in [-0.39, 0.29) is 29.5 Å². The first-order valence-corrected chi connectivity index (χ1v) is 14.1. The first-order chi connectivity index (χ1) is 18.1. The number of nitrogens with one attached hydrogen (secondary N) is 1. The highest BCUT2D eigenvalue weighted by Crippen LogP contribution is 2.27. The van der Waals surface area contributed by atoms with Crippen molar-refractivity contribution in [3.63, 3.8) is 0 Å². The van der Waals surface area contributed by atoms with Gasteiger partial charge in [0.1, 0.15) is 18.4 Å². The lowest BCUT2D eigenvalue weighted by Gasteiger charge is -2.33. The number of sulfonamides is 1. The van der Waals surface area contributed by atoms with Crippen LogP contribution in [0.3, 0.4) is 0 Å². The van der Waals surface area contributed by atoms with E-state index >= 15 is 0 Å². The largest absolute Gasteiger partial charge is 0.355 e. The number of halogens is 3. The number of amides is 2. The Hall–Kier alpha value is -3.14. The van der Waals surface area contributed by atoms with Crippen LogP contribution < -0.4 is 9.62 Å². The molecule has 0 aliphatic rings. The number of para-hydroxylation sites is 1. The minimum Gasteiger partial charge on any atom is -0.355 e. The van der Waals surface area contributed by atoms with Crippen LogP contribution in [-0.2, 0) is 26.2 Å². The Bertz CT molecular complexity index is 1370. The highest BCUT2D eigenvalue weighted by molar-refractivity contribution is 7.92. The minimum atomic E-state index is -4.27. The molecule has 0 heterocycles. The zero-order chi connectivity index (χ0) is 27.9. The summed E-state index contributed by atoms with van der Waals surface area (Å²) in [4.78, 5) is 27.9. The summed E-state index contributed by atoms with van der Waals surface area (Å²) in [6.07, 6.45) is 0.277. The normalized spacial score (nSPS) is 12.0. The second-order valence-corrected chi connectivity index (χ2v) is 11.1. The van der Waals surface area contributed by atoms with Gasteiger partial charge in [-0.2, -0.15) is 0 Å². The summed E-state index contributed by atoms with van der Waals surface area (Å²) >= 11 is 12.4. The van der Waals surface area contributed by atoms with Crippen molar-refractivity contribution < 1.29 is 22.4 Å². The van der Waals surface area contributed by atoms with Gasteiger partial charge in [0.25, 0.3) is 10.0 Å². The molecule has 3 aromatic carbocycles. The van der Waals surface area contributed by atoms with E-state index < -0.39 is 34.3 Å². The van der Waals surface area contributed by atoms with E-state index in [9.17, 15) is 22.4 Å². The predicted octanol–water partition coefficient (Wildman–Crippen LogP) is 5.27. The number of anilines is 1. The maximum atomic E-state index is 13.9. The zero-order valence-corrected chi connectivity index (χ0v) is 23.2. The van der Waals surface area contributed by atoms with Crippen molar-refractivity contribution in [3.8, 4) is 0 Å². The van der Waals surface area contributed by atoms with Gasteiger partial charge in [0.2, 0.25) is 11.8 Å². The number of hydrogen-bond donors (Lipinski definition) is 1. The molecule has 0 spiro atoms. The summed E-state index contributed by atoms with van der Waals surface area (Å²) < 4.78 is 41.8. The second kappa shape index (κ2) is 13.1. The van der Waals surface area contributed by atoms with Gasteiger partial charge >= 0.3 is 0 Å². The Morgan fingerprint density at radius 3 is 2.21 bits per heavy atom. The van der Waals surface area contributed by atoms with E-state index in [0.717, 1.165) is 28.6 Å².